The molecule has 1 aromatic carbocycles. The number of carbonyl (C=O) groups excluding carboxylic acids is 2. The maximum absolute atomic E-state index is 11.7. The molecule has 0 aliphatic heterocycles. The molecule has 0 bridgehead atoms. The molecule has 96 valence electrons. The van der Waals surface area contributed by atoms with Gasteiger partial charge in [-0.05, 0) is 13.0 Å². The van der Waals surface area contributed by atoms with Crippen LogP contribution >= 0.6 is 27.5 Å². The molecule has 0 saturated heterocycles. The Morgan fingerprint density at radius 1 is 1.50 bits per heavy atom. The average molecular weight is 333 g/mol. The van der Waals surface area contributed by atoms with E-state index in [9.17, 15) is 9.59 Å². The first kappa shape index (κ1) is 14.7. The van der Waals surface area contributed by atoms with Crippen molar-refractivity contribution in [1.82, 2.24) is 5.32 Å². The quantitative estimate of drug-likeness (QED) is 0.512. The van der Waals surface area contributed by atoms with E-state index in [1.807, 2.05) is 6.07 Å². The number of benzene rings is 1. The number of hydrogen-bond donors (Lipinski definition) is 1. The lowest BCUT2D eigenvalue weighted by atomic mass is 10.2. The van der Waals surface area contributed by atoms with Crippen LogP contribution in [0, 0.1) is 0 Å². The van der Waals surface area contributed by atoms with Crippen molar-refractivity contribution in [3.05, 3.63) is 40.0 Å². The topological polar surface area (TPSA) is 55.4 Å². The highest BCUT2D eigenvalue weighted by molar-refractivity contribution is 9.10. The smallest absolute Gasteiger partial charge is 0.356 e. The lowest BCUT2D eigenvalue weighted by molar-refractivity contribution is -0.139. The SMILES string of the molecule is CCOC(=O)/C(NC=O)=C(/Cl)c1ccccc1Br. The van der Waals surface area contributed by atoms with E-state index in [4.69, 9.17) is 16.3 Å². The van der Waals surface area contributed by atoms with E-state index in [-0.39, 0.29) is 17.3 Å². The maximum atomic E-state index is 11.7. The Balaban J connectivity index is 3.23. The maximum Gasteiger partial charge on any atom is 0.356 e. The molecule has 6 heteroatoms. The second kappa shape index (κ2) is 7.18. The van der Waals surface area contributed by atoms with E-state index in [0.717, 1.165) is 0 Å². The van der Waals surface area contributed by atoms with Crippen molar-refractivity contribution < 1.29 is 14.3 Å². The minimum atomic E-state index is -0.676. The van der Waals surface area contributed by atoms with Gasteiger partial charge in [0, 0.05) is 10.0 Å². The third-order valence-corrected chi connectivity index (χ3v) is 3.10. The lowest BCUT2D eigenvalue weighted by Crippen LogP contribution is -2.22. The van der Waals surface area contributed by atoms with Gasteiger partial charge in [0.05, 0.1) is 11.6 Å². The van der Waals surface area contributed by atoms with Gasteiger partial charge >= 0.3 is 5.97 Å². The van der Waals surface area contributed by atoms with Crippen LogP contribution in [0.1, 0.15) is 12.5 Å². The Kier molecular flexibility index (Phi) is 5.88. The molecule has 0 fully saturated rings. The van der Waals surface area contributed by atoms with Crippen LogP contribution < -0.4 is 5.32 Å². The molecule has 1 aromatic rings. The molecule has 4 nitrogen and oxygen atoms in total. The van der Waals surface area contributed by atoms with E-state index in [2.05, 4.69) is 21.2 Å². The first-order valence-corrected chi connectivity index (χ1v) is 6.30. The van der Waals surface area contributed by atoms with E-state index in [1.165, 1.54) is 0 Å². The third-order valence-electron chi connectivity index (χ3n) is 2.01. The van der Waals surface area contributed by atoms with Crippen molar-refractivity contribution in [3.63, 3.8) is 0 Å². The molecule has 18 heavy (non-hydrogen) atoms. The molecular formula is C12H11BrClNO3. The second-order valence-corrected chi connectivity index (χ2v) is 4.38. The Morgan fingerprint density at radius 3 is 2.72 bits per heavy atom. The Morgan fingerprint density at radius 2 is 2.17 bits per heavy atom. The zero-order valence-corrected chi connectivity index (χ0v) is 11.9. The van der Waals surface area contributed by atoms with Gasteiger partial charge in [-0.25, -0.2) is 4.79 Å². The number of halogens is 2. The van der Waals surface area contributed by atoms with Gasteiger partial charge in [-0.15, -0.1) is 0 Å². The third kappa shape index (κ3) is 3.58. The fraction of sp³-hybridized carbons (Fsp3) is 0.167. The summed E-state index contributed by atoms with van der Waals surface area (Å²) < 4.78 is 5.53. The average Bonchev–Trinajstić information content (AvgIpc) is 2.36. The first-order valence-electron chi connectivity index (χ1n) is 5.13. The van der Waals surface area contributed by atoms with Gasteiger partial charge in [0.25, 0.3) is 0 Å². The highest BCUT2D eigenvalue weighted by Gasteiger charge is 2.17. The first-order chi connectivity index (χ1) is 8.61. The number of nitrogens with one attached hydrogen (secondary N) is 1. The number of carbonyl (C=O) groups is 2. The van der Waals surface area contributed by atoms with Crippen molar-refractivity contribution in [2.24, 2.45) is 0 Å². The summed E-state index contributed by atoms with van der Waals surface area (Å²) in [6.45, 7) is 1.87. The molecule has 1 N–H and O–H groups in total. The van der Waals surface area contributed by atoms with E-state index < -0.39 is 5.97 Å². The standard InChI is InChI=1S/C12H11BrClNO3/c1-2-18-12(17)11(15-7-16)10(14)8-5-3-4-6-9(8)13/h3-7H,2H2,1H3,(H,15,16)/b11-10-. The van der Waals surface area contributed by atoms with Gasteiger partial charge in [0.15, 0.2) is 0 Å². The number of esters is 1. The summed E-state index contributed by atoms with van der Waals surface area (Å²) >= 11 is 9.43. The molecule has 0 unspecified atom stereocenters. The summed E-state index contributed by atoms with van der Waals surface area (Å²) in [6, 6.07) is 7.08. The minimum Gasteiger partial charge on any atom is -0.461 e. The molecule has 1 amide bonds. The minimum absolute atomic E-state index is 0.0829. The lowest BCUT2D eigenvalue weighted by Gasteiger charge is -2.09. The number of ether oxygens (including phenoxy) is 1. The summed E-state index contributed by atoms with van der Waals surface area (Å²) in [4.78, 5) is 22.2. The molecule has 0 spiro atoms. The molecule has 0 radical (unpaired) electrons. The van der Waals surface area contributed by atoms with Crippen molar-refractivity contribution >= 4 is 44.9 Å². The van der Waals surface area contributed by atoms with Gasteiger partial charge in [-0.2, -0.15) is 0 Å². The number of hydrogen-bond acceptors (Lipinski definition) is 3. The second-order valence-electron chi connectivity index (χ2n) is 3.15. The monoisotopic (exact) mass is 331 g/mol. The van der Waals surface area contributed by atoms with Gasteiger partial charge in [-0.1, -0.05) is 45.7 Å². The molecule has 0 aliphatic carbocycles. The summed E-state index contributed by atoms with van der Waals surface area (Å²) in [5.74, 6) is -0.676. The summed E-state index contributed by atoms with van der Waals surface area (Å²) in [6.07, 6.45) is 0.380. The zero-order chi connectivity index (χ0) is 13.5. The van der Waals surface area contributed by atoms with Crippen LogP contribution in [-0.2, 0) is 14.3 Å². The predicted molar refractivity (Wildman–Crippen MR) is 72.7 cm³/mol. The molecule has 0 heterocycles. The molecular weight excluding hydrogens is 321 g/mol. The largest absolute Gasteiger partial charge is 0.461 e. The van der Waals surface area contributed by atoms with E-state index in [1.54, 1.807) is 25.1 Å². The summed E-state index contributed by atoms with van der Waals surface area (Å²) in [7, 11) is 0. The fourth-order valence-corrected chi connectivity index (χ4v) is 2.14. The number of amides is 1. The molecule has 0 atom stereocenters. The van der Waals surface area contributed by atoms with Crippen LogP contribution in [0.25, 0.3) is 5.03 Å². The van der Waals surface area contributed by atoms with Crippen LogP contribution in [0.2, 0.25) is 0 Å². The summed E-state index contributed by atoms with van der Waals surface area (Å²) in [5, 5.41) is 2.38. The van der Waals surface area contributed by atoms with Crippen molar-refractivity contribution in [3.8, 4) is 0 Å². The Labute approximate surface area is 118 Å². The van der Waals surface area contributed by atoms with Crippen LogP contribution in [0.4, 0.5) is 0 Å². The van der Waals surface area contributed by atoms with Crippen molar-refractivity contribution in [2.45, 2.75) is 6.92 Å². The zero-order valence-electron chi connectivity index (χ0n) is 9.57. The van der Waals surface area contributed by atoms with E-state index in [0.29, 0.717) is 16.4 Å². The van der Waals surface area contributed by atoms with Crippen LogP contribution in [0.15, 0.2) is 34.4 Å². The molecule has 0 aliphatic rings. The highest BCUT2D eigenvalue weighted by atomic mass is 79.9. The molecule has 1 rings (SSSR count). The van der Waals surface area contributed by atoms with Crippen LogP contribution in [0.5, 0.6) is 0 Å². The molecule has 0 saturated carbocycles. The highest BCUT2D eigenvalue weighted by Crippen LogP contribution is 2.29. The van der Waals surface area contributed by atoms with Gasteiger partial charge < -0.3 is 10.1 Å². The predicted octanol–water partition coefficient (Wildman–Crippen LogP) is 2.67. The Bertz CT molecular complexity index is 488. The van der Waals surface area contributed by atoms with Gasteiger partial charge in [0.2, 0.25) is 6.41 Å². The Hall–Kier alpha value is -1.33. The van der Waals surface area contributed by atoms with Crippen LogP contribution in [-0.4, -0.2) is 19.0 Å². The van der Waals surface area contributed by atoms with Gasteiger partial charge in [0.1, 0.15) is 5.70 Å². The van der Waals surface area contributed by atoms with Crippen molar-refractivity contribution in [2.75, 3.05) is 6.61 Å². The number of rotatable bonds is 5. The van der Waals surface area contributed by atoms with Crippen LogP contribution in [0.3, 0.4) is 0 Å². The fourth-order valence-electron chi connectivity index (χ4n) is 1.25. The summed E-state index contributed by atoms with van der Waals surface area (Å²) in [5.41, 5.74) is 0.511. The van der Waals surface area contributed by atoms with Crippen molar-refractivity contribution in [1.29, 1.82) is 0 Å². The normalized spacial score (nSPS) is 11.5. The van der Waals surface area contributed by atoms with Gasteiger partial charge in [-0.3, -0.25) is 4.79 Å². The molecule has 0 aromatic heterocycles. The van der Waals surface area contributed by atoms with E-state index >= 15 is 0 Å².